The number of carbonyl (C=O) groups excluding carboxylic acids is 1. The number of β-amino-alcohol motifs (C(OH)–C–C–N with tert-alkyl or cyclic N) is 1. The number of aromatic nitrogens is 2. The minimum atomic E-state index is -0.470. The van der Waals surface area contributed by atoms with Crippen molar-refractivity contribution in [3.05, 3.63) is 58.3 Å². The van der Waals surface area contributed by atoms with E-state index in [0.29, 0.717) is 31.7 Å². The zero-order valence-electron chi connectivity index (χ0n) is 11.5. The first-order chi connectivity index (χ1) is 10.1. The molecule has 1 unspecified atom stereocenters. The SMILES string of the molecule is O=C(c1c[nH]c(=O)n1Cc1ccccc1)N1CCC(O)C1. The third kappa shape index (κ3) is 2.75. The fraction of sp³-hybridized carbons (Fsp3) is 0.333. The number of amides is 1. The van der Waals surface area contributed by atoms with E-state index in [1.54, 1.807) is 4.90 Å². The van der Waals surface area contributed by atoms with Gasteiger partial charge in [-0.2, -0.15) is 0 Å². The van der Waals surface area contributed by atoms with Crippen LogP contribution in [0.25, 0.3) is 0 Å². The topological polar surface area (TPSA) is 78.3 Å². The lowest BCUT2D eigenvalue weighted by molar-refractivity contribution is 0.0754. The highest BCUT2D eigenvalue weighted by molar-refractivity contribution is 5.92. The maximum absolute atomic E-state index is 12.5. The maximum Gasteiger partial charge on any atom is 0.326 e. The molecule has 1 aromatic heterocycles. The van der Waals surface area contributed by atoms with Gasteiger partial charge in [0, 0.05) is 19.3 Å². The van der Waals surface area contributed by atoms with Crippen LogP contribution in [0.5, 0.6) is 0 Å². The molecule has 2 aromatic rings. The second kappa shape index (κ2) is 5.57. The molecule has 1 saturated heterocycles. The van der Waals surface area contributed by atoms with Gasteiger partial charge in [-0.1, -0.05) is 30.3 Å². The van der Waals surface area contributed by atoms with Gasteiger partial charge in [0.1, 0.15) is 5.69 Å². The molecule has 110 valence electrons. The summed E-state index contributed by atoms with van der Waals surface area (Å²) in [5.41, 5.74) is 0.981. The predicted octanol–water partition coefficient (Wildman–Crippen LogP) is 0.432. The van der Waals surface area contributed by atoms with E-state index in [9.17, 15) is 14.7 Å². The van der Waals surface area contributed by atoms with Gasteiger partial charge in [-0.3, -0.25) is 9.36 Å². The molecular formula is C15H17N3O3. The molecule has 0 saturated carbocycles. The molecule has 1 fully saturated rings. The third-order valence-electron chi connectivity index (χ3n) is 3.72. The molecule has 21 heavy (non-hydrogen) atoms. The Labute approximate surface area is 121 Å². The quantitative estimate of drug-likeness (QED) is 0.859. The Balaban J connectivity index is 1.87. The molecule has 1 atom stereocenters. The van der Waals surface area contributed by atoms with Crippen molar-refractivity contribution in [1.29, 1.82) is 0 Å². The Kier molecular flexibility index (Phi) is 3.62. The second-order valence-electron chi connectivity index (χ2n) is 5.24. The van der Waals surface area contributed by atoms with Crippen LogP contribution in [0.15, 0.2) is 41.3 Å². The molecule has 6 heteroatoms. The number of nitrogens with one attached hydrogen (secondary N) is 1. The number of benzene rings is 1. The number of aliphatic hydroxyl groups is 1. The van der Waals surface area contributed by atoms with Gasteiger partial charge in [-0.05, 0) is 12.0 Å². The fourth-order valence-corrected chi connectivity index (χ4v) is 2.58. The molecule has 0 bridgehead atoms. The zero-order valence-corrected chi connectivity index (χ0v) is 11.5. The zero-order chi connectivity index (χ0) is 14.8. The Morgan fingerprint density at radius 2 is 2.10 bits per heavy atom. The van der Waals surface area contributed by atoms with Gasteiger partial charge in [0.25, 0.3) is 5.91 Å². The first kappa shape index (κ1) is 13.6. The van der Waals surface area contributed by atoms with Gasteiger partial charge in [-0.25, -0.2) is 4.79 Å². The number of nitrogens with zero attached hydrogens (tertiary/aromatic N) is 2. The molecule has 6 nitrogen and oxygen atoms in total. The number of imidazole rings is 1. The lowest BCUT2D eigenvalue weighted by atomic mass is 10.2. The van der Waals surface area contributed by atoms with E-state index in [0.717, 1.165) is 5.56 Å². The van der Waals surface area contributed by atoms with E-state index in [4.69, 9.17) is 0 Å². The van der Waals surface area contributed by atoms with Crippen molar-refractivity contribution in [3.63, 3.8) is 0 Å². The number of carbonyl (C=O) groups is 1. The number of H-pyrrole nitrogens is 1. The first-order valence-electron chi connectivity index (χ1n) is 6.94. The molecule has 1 amide bonds. The van der Waals surface area contributed by atoms with Crippen LogP contribution in [0.3, 0.4) is 0 Å². The molecule has 0 spiro atoms. The van der Waals surface area contributed by atoms with Gasteiger partial charge in [0.05, 0.1) is 12.6 Å². The largest absolute Gasteiger partial charge is 0.391 e. The van der Waals surface area contributed by atoms with Gasteiger partial charge in [-0.15, -0.1) is 0 Å². The molecule has 2 heterocycles. The smallest absolute Gasteiger partial charge is 0.326 e. The van der Waals surface area contributed by atoms with E-state index in [1.807, 2.05) is 30.3 Å². The van der Waals surface area contributed by atoms with Crippen LogP contribution in [0.4, 0.5) is 0 Å². The highest BCUT2D eigenvalue weighted by Gasteiger charge is 2.27. The summed E-state index contributed by atoms with van der Waals surface area (Å²) in [6.45, 7) is 1.19. The molecule has 0 aliphatic carbocycles. The number of rotatable bonds is 3. The molecule has 1 aliphatic heterocycles. The molecule has 1 aliphatic rings. The lowest BCUT2D eigenvalue weighted by Crippen LogP contribution is -2.33. The minimum absolute atomic E-state index is 0.221. The highest BCUT2D eigenvalue weighted by Crippen LogP contribution is 2.13. The van der Waals surface area contributed by atoms with Gasteiger partial charge in [0.2, 0.25) is 0 Å². The summed E-state index contributed by atoms with van der Waals surface area (Å²) in [5, 5.41) is 9.53. The van der Waals surface area contributed by atoms with E-state index in [2.05, 4.69) is 4.98 Å². The summed E-state index contributed by atoms with van der Waals surface area (Å²) < 4.78 is 1.43. The normalized spacial score (nSPS) is 18.1. The van der Waals surface area contributed by atoms with Crippen molar-refractivity contribution < 1.29 is 9.90 Å². The number of likely N-dealkylation sites (tertiary alicyclic amines) is 1. The number of aromatic amines is 1. The van der Waals surface area contributed by atoms with E-state index < -0.39 is 6.10 Å². The van der Waals surface area contributed by atoms with Crippen LogP contribution >= 0.6 is 0 Å². The Morgan fingerprint density at radius 3 is 2.76 bits per heavy atom. The van der Waals surface area contributed by atoms with Crippen molar-refractivity contribution in [1.82, 2.24) is 14.5 Å². The summed E-state index contributed by atoms with van der Waals surface area (Å²) in [6, 6.07) is 9.51. The minimum Gasteiger partial charge on any atom is -0.391 e. The summed E-state index contributed by atoms with van der Waals surface area (Å²) in [7, 11) is 0. The summed E-state index contributed by atoms with van der Waals surface area (Å²) >= 11 is 0. The Morgan fingerprint density at radius 1 is 1.33 bits per heavy atom. The molecule has 3 rings (SSSR count). The molecule has 2 N–H and O–H groups in total. The molecule has 0 radical (unpaired) electrons. The van der Waals surface area contributed by atoms with Gasteiger partial charge < -0.3 is 15.0 Å². The van der Waals surface area contributed by atoms with E-state index in [-0.39, 0.29) is 11.6 Å². The molecular weight excluding hydrogens is 270 g/mol. The monoisotopic (exact) mass is 287 g/mol. The van der Waals surface area contributed by atoms with Crippen LogP contribution in [0.1, 0.15) is 22.5 Å². The van der Waals surface area contributed by atoms with Gasteiger partial charge >= 0.3 is 5.69 Å². The van der Waals surface area contributed by atoms with Crippen LogP contribution in [0, 0.1) is 0 Å². The summed E-state index contributed by atoms with van der Waals surface area (Å²) in [6.07, 6.45) is 1.55. The average molecular weight is 287 g/mol. The number of aliphatic hydroxyl groups excluding tert-OH is 1. The molecule has 1 aromatic carbocycles. The second-order valence-corrected chi connectivity index (χ2v) is 5.24. The van der Waals surface area contributed by atoms with Crippen LogP contribution in [-0.2, 0) is 6.54 Å². The Bertz CT molecular complexity index is 690. The lowest BCUT2D eigenvalue weighted by Gasteiger charge is -2.16. The van der Waals surface area contributed by atoms with Crippen LogP contribution in [-0.4, -0.2) is 44.7 Å². The Hall–Kier alpha value is -2.34. The summed E-state index contributed by atoms with van der Waals surface area (Å²) in [4.78, 5) is 28.5. The van der Waals surface area contributed by atoms with Crippen molar-refractivity contribution >= 4 is 5.91 Å². The van der Waals surface area contributed by atoms with Crippen LogP contribution in [0.2, 0.25) is 0 Å². The van der Waals surface area contributed by atoms with E-state index in [1.165, 1.54) is 10.8 Å². The fourth-order valence-electron chi connectivity index (χ4n) is 2.58. The average Bonchev–Trinajstić information content (AvgIpc) is 3.07. The van der Waals surface area contributed by atoms with Crippen LogP contribution < -0.4 is 5.69 Å². The summed E-state index contributed by atoms with van der Waals surface area (Å²) in [5.74, 6) is -0.221. The maximum atomic E-state index is 12.5. The predicted molar refractivity (Wildman–Crippen MR) is 77.1 cm³/mol. The first-order valence-corrected chi connectivity index (χ1v) is 6.94. The van der Waals surface area contributed by atoms with Gasteiger partial charge in [0.15, 0.2) is 0 Å². The van der Waals surface area contributed by atoms with E-state index >= 15 is 0 Å². The number of hydrogen-bond donors (Lipinski definition) is 2. The van der Waals surface area contributed by atoms with Crippen molar-refractivity contribution in [2.24, 2.45) is 0 Å². The van der Waals surface area contributed by atoms with Crippen molar-refractivity contribution in [2.75, 3.05) is 13.1 Å². The highest BCUT2D eigenvalue weighted by atomic mass is 16.3. The third-order valence-corrected chi connectivity index (χ3v) is 3.72. The van der Waals surface area contributed by atoms with Crippen molar-refractivity contribution in [2.45, 2.75) is 19.1 Å². The standard InChI is InChI=1S/C15H17N3O3/c19-12-6-7-17(10-12)14(20)13-8-16-15(21)18(13)9-11-4-2-1-3-5-11/h1-5,8,12,19H,6-7,9-10H2,(H,16,21). The number of hydrogen-bond acceptors (Lipinski definition) is 3. The van der Waals surface area contributed by atoms with Crippen molar-refractivity contribution in [3.8, 4) is 0 Å².